The number of hydrogen-bond acceptors (Lipinski definition) is 3. The summed E-state index contributed by atoms with van der Waals surface area (Å²) in [7, 11) is 2.03. The molecule has 1 unspecified atom stereocenters. The molecule has 0 saturated heterocycles. The quantitative estimate of drug-likeness (QED) is 0.859. The molecule has 0 spiro atoms. The van der Waals surface area contributed by atoms with Gasteiger partial charge in [-0.2, -0.15) is 0 Å². The Balaban J connectivity index is 2.08. The zero-order valence-electron chi connectivity index (χ0n) is 11.5. The molecule has 3 nitrogen and oxygen atoms in total. The standard InChI is InChI=1S/C15H25N3/c1-3-11-6-8-12(9-7-11)14(17-2)13-5-4-10-18-15(13)16/h4-5,10-12,14,17H,3,6-9H2,1-2H3,(H2,16,18). The monoisotopic (exact) mass is 247 g/mol. The first-order chi connectivity index (χ1) is 8.76. The summed E-state index contributed by atoms with van der Waals surface area (Å²) in [5, 5.41) is 3.44. The molecule has 1 aliphatic carbocycles. The molecule has 1 aromatic rings. The van der Waals surface area contributed by atoms with Gasteiger partial charge in [-0.15, -0.1) is 0 Å². The first-order valence-electron chi connectivity index (χ1n) is 7.13. The van der Waals surface area contributed by atoms with Gasteiger partial charge in [-0.25, -0.2) is 4.98 Å². The molecule has 3 heteroatoms. The van der Waals surface area contributed by atoms with Crippen LogP contribution in [0.4, 0.5) is 5.82 Å². The van der Waals surface area contributed by atoms with Crippen molar-refractivity contribution in [1.29, 1.82) is 0 Å². The van der Waals surface area contributed by atoms with Crippen molar-refractivity contribution in [2.24, 2.45) is 11.8 Å². The zero-order valence-corrected chi connectivity index (χ0v) is 11.5. The molecule has 0 amide bonds. The molecular formula is C15H25N3. The Morgan fingerprint density at radius 1 is 1.39 bits per heavy atom. The van der Waals surface area contributed by atoms with E-state index in [4.69, 9.17) is 5.73 Å². The minimum atomic E-state index is 0.358. The highest BCUT2D eigenvalue weighted by Crippen LogP contribution is 2.38. The predicted octanol–water partition coefficient (Wildman–Crippen LogP) is 3.14. The molecule has 0 aliphatic heterocycles. The topological polar surface area (TPSA) is 50.9 Å². The Bertz CT molecular complexity index is 370. The average molecular weight is 247 g/mol. The fraction of sp³-hybridized carbons (Fsp3) is 0.667. The molecule has 0 radical (unpaired) electrons. The Morgan fingerprint density at radius 3 is 2.67 bits per heavy atom. The highest BCUT2D eigenvalue weighted by atomic mass is 14.9. The molecule has 18 heavy (non-hydrogen) atoms. The molecule has 2 rings (SSSR count). The van der Waals surface area contributed by atoms with Crippen LogP contribution in [0, 0.1) is 11.8 Å². The van der Waals surface area contributed by atoms with E-state index in [1.807, 2.05) is 13.1 Å². The second kappa shape index (κ2) is 6.19. The van der Waals surface area contributed by atoms with Crippen LogP contribution in [0.5, 0.6) is 0 Å². The fourth-order valence-electron chi connectivity index (χ4n) is 3.27. The van der Waals surface area contributed by atoms with Gasteiger partial charge in [0.2, 0.25) is 0 Å². The van der Waals surface area contributed by atoms with E-state index in [2.05, 4.69) is 23.3 Å². The molecular weight excluding hydrogens is 222 g/mol. The lowest BCUT2D eigenvalue weighted by atomic mass is 9.76. The van der Waals surface area contributed by atoms with E-state index in [0.29, 0.717) is 17.8 Å². The van der Waals surface area contributed by atoms with E-state index >= 15 is 0 Å². The summed E-state index contributed by atoms with van der Waals surface area (Å²) >= 11 is 0. The number of aromatic nitrogens is 1. The first kappa shape index (κ1) is 13.3. The Hall–Kier alpha value is -1.09. The molecule has 100 valence electrons. The van der Waals surface area contributed by atoms with Crippen molar-refractivity contribution in [2.75, 3.05) is 12.8 Å². The van der Waals surface area contributed by atoms with Gasteiger partial charge < -0.3 is 11.1 Å². The number of nitrogens with one attached hydrogen (secondary N) is 1. The maximum absolute atomic E-state index is 6.01. The van der Waals surface area contributed by atoms with Gasteiger partial charge in [0.15, 0.2) is 0 Å². The van der Waals surface area contributed by atoms with Gasteiger partial charge in [0.25, 0.3) is 0 Å². The average Bonchev–Trinajstić information content (AvgIpc) is 2.42. The Labute approximate surface area is 110 Å². The molecule has 1 fully saturated rings. The van der Waals surface area contributed by atoms with Crippen molar-refractivity contribution in [1.82, 2.24) is 10.3 Å². The SMILES string of the molecule is CCC1CCC(C(NC)c2cccnc2N)CC1. The van der Waals surface area contributed by atoms with Gasteiger partial charge in [0.1, 0.15) is 5.82 Å². The summed E-state index contributed by atoms with van der Waals surface area (Å²) < 4.78 is 0. The summed E-state index contributed by atoms with van der Waals surface area (Å²) in [6, 6.07) is 4.44. The van der Waals surface area contributed by atoms with Crippen LogP contribution >= 0.6 is 0 Å². The number of nitrogens with two attached hydrogens (primary N) is 1. The van der Waals surface area contributed by atoms with Crippen molar-refractivity contribution in [3.05, 3.63) is 23.9 Å². The number of anilines is 1. The van der Waals surface area contributed by atoms with E-state index in [0.717, 1.165) is 5.92 Å². The lowest BCUT2D eigenvalue weighted by Crippen LogP contribution is -2.29. The number of nitrogens with zero attached hydrogens (tertiary/aromatic N) is 1. The van der Waals surface area contributed by atoms with Crippen LogP contribution in [0.1, 0.15) is 50.6 Å². The number of hydrogen-bond donors (Lipinski definition) is 2. The summed E-state index contributed by atoms with van der Waals surface area (Å²) in [5.74, 6) is 2.31. The van der Waals surface area contributed by atoms with Crippen molar-refractivity contribution >= 4 is 5.82 Å². The van der Waals surface area contributed by atoms with Crippen LogP contribution in [0.2, 0.25) is 0 Å². The van der Waals surface area contributed by atoms with Crippen molar-refractivity contribution in [3.8, 4) is 0 Å². The summed E-state index contributed by atoms with van der Waals surface area (Å²) in [6.45, 7) is 2.31. The third-order valence-corrected chi connectivity index (χ3v) is 4.46. The molecule has 1 saturated carbocycles. The van der Waals surface area contributed by atoms with Crippen LogP contribution in [0.15, 0.2) is 18.3 Å². The summed E-state index contributed by atoms with van der Waals surface area (Å²) in [6.07, 6.45) is 8.42. The predicted molar refractivity (Wildman–Crippen MR) is 76.2 cm³/mol. The van der Waals surface area contributed by atoms with Crippen LogP contribution in [0.3, 0.4) is 0 Å². The van der Waals surface area contributed by atoms with Crippen LogP contribution < -0.4 is 11.1 Å². The van der Waals surface area contributed by atoms with Crippen molar-refractivity contribution in [2.45, 2.75) is 45.1 Å². The normalized spacial score (nSPS) is 25.9. The van der Waals surface area contributed by atoms with E-state index in [1.165, 1.54) is 37.7 Å². The maximum Gasteiger partial charge on any atom is 0.128 e. The van der Waals surface area contributed by atoms with E-state index in [1.54, 1.807) is 6.20 Å². The second-order valence-electron chi connectivity index (χ2n) is 5.43. The Kier molecular flexibility index (Phi) is 4.59. The largest absolute Gasteiger partial charge is 0.383 e. The minimum absolute atomic E-state index is 0.358. The second-order valence-corrected chi connectivity index (χ2v) is 5.43. The highest BCUT2D eigenvalue weighted by Gasteiger charge is 2.28. The third-order valence-electron chi connectivity index (χ3n) is 4.46. The molecule has 1 heterocycles. The fourth-order valence-corrected chi connectivity index (χ4v) is 3.27. The van der Waals surface area contributed by atoms with E-state index in [-0.39, 0.29) is 0 Å². The zero-order chi connectivity index (χ0) is 13.0. The molecule has 0 bridgehead atoms. The molecule has 0 aromatic carbocycles. The first-order valence-corrected chi connectivity index (χ1v) is 7.13. The lowest BCUT2D eigenvalue weighted by Gasteiger charge is -2.34. The van der Waals surface area contributed by atoms with Gasteiger partial charge in [0.05, 0.1) is 0 Å². The van der Waals surface area contributed by atoms with Gasteiger partial charge in [-0.1, -0.05) is 32.3 Å². The molecule has 1 atom stereocenters. The van der Waals surface area contributed by atoms with Crippen molar-refractivity contribution in [3.63, 3.8) is 0 Å². The molecule has 3 N–H and O–H groups in total. The van der Waals surface area contributed by atoms with Gasteiger partial charge in [-0.05, 0) is 37.8 Å². The summed E-state index contributed by atoms with van der Waals surface area (Å²) in [4.78, 5) is 4.21. The van der Waals surface area contributed by atoms with Crippen molar-refractivity contribution < 1.29 is 0 Å². The van der Waals surface area contributed by atoms with Gasteiger partial charge in [0, 0.05) is 17.8 Å². The number of nitrogen functional groups attached to an aromatic ring is 1. The van der Waals surface area contributed by atoms with E-state index in [9.17, 15) is 0 Å². The van der Waals surface area contributed by atoms with Crippen LogP contribution in [-0.4, -0.2) is 12.0 Å². The van der Waals surface area contributed by atoms with E-state index < -0.39 is 0 Å². The van der Waals surface area contributed by atoms with Gasteiger partial charge >= 0.3 is 0 Å². The third kappa shape index (κ3) is 2.83. The minimum Gasteiger partial charge on any atom is -0.383 e. The summed E-state index contributed by atoms with van der Waals surface area (Å²) in [5.41, 5.74) is 7.17. The van der Waals surface area contributed by atoms with Crippen LogP contribution in [0.25, 0.3) is 0 Å². The molecule has 1 aliphatic rings. The van der Waals surface area contributed by atoms with Crippen LogP contribution in [-0.2, 0) is 0 Å². The maximum atomic E-state index is 6.01. The molecule has 1 aromatic heterocycles. The Morgan fingerprint density at radius 2 is 2.11 bits per heavy atom. The highest BCUT2D eigenvalue weighted by molar-refractivity contribution is 5.41. The lowest BCUT2D eigenvalue weighted by molar-refractivity contribution is 0.224. The van der Waals surface area contributed by atoms with Gasteiger partial charge in [-0.3, -0.25) is 0 Å². The number of pyridine rings is 1. The smallest absolute Gasteiger partial charge is 0.128 e. The number of rotatable bonds is 4.